The molecular formula is C16H18ClN3O2. The van der Waals surface area contributed by atoms with Crippen molar-refractivity contribution in [2.75, 3.05) is 10.8 Å². The first-order valence-electron chi connectivity index (χ1n) is 7.48. The minimum atomic E-state index is -0.133. The molecule has 2 aliphatic rings. The van der Waals surface area contributed by atoms with Crippen molar-refractivity contribution in [1.29, 1.82) is 0 Å². The summed E-state index contributed by atoms with van der Waals surface area (Å²) in [5.74, 6) is 0.0942. The molecule has 2 amide bonds. The van der Waals surface area contributed by atoms with Gasteiger partial charge >= 0.3 is 0 Å². The molecule has 0 spiro atoms. The lowest BCUT2D eigenvalue weighted by Crippen LogP contribution is -2.30. The van der Waals surface area contributed by atoms with Crippen LogP contribution in [0.2, 0.25) is 0 Å². The fourth-order valence-electron chi connectivity index (χ4n) is 3.29. The number of amides is 2. The van der Waals surface area contributed by atoms with Crippen LogP contribution in [0.4, 0.5) is 11.4 Å². The number of rotatable bonds is 3. The van der Waals surface area contributed by atoms with Crippen LogP contribution in [0.1, 0.15) is 25.7 Å². The van der Waals surface area contributed by atoms with Crippen molar-refractivity contribution >= 4 is 40.6 Å². The SMILES string of the molecule is NC(CCl)=Nc1ccc(N2C(=O)C3CCCCC3C2=O)cc1. The van der Waals surface area contributed by atoms with Crippen molar-refractivity contribution in [1.82, 2.24) is 0 Å². The second kappa shape index (κ2) is 6.08. The third-order valence-electron chi connectivity index (χ3n) is 4.36. The average Bonchev–Trinajstić information content (AvgIpc) is 2.80. The molecule has 0 bridgehead atoms. The third kappa shape index (κ3) is 2.61. The van der Waals surface area contributed by atoms with E-state index in [4.69, 9.17) is 17.3 Å². The lowest BCUT2D eigenvalue weighted by Gasteiger charge is -2.19. The maximum absolute atomic E-state index is 12.5. The lowest BCUT2D eigenvalue weighted by atomic mass is 9.81. The Labute approximate surface area is 134 Å². The van der Waals surface area contributed by atoms with E-state index in [1.54, 1.807) is 24.3 Å². The van der Waals surface area contributed by atoms with Gasteiger partial charge in [-0.25, -0.2) is 4.99 Å². The Bertz CT molecular complexity index is 603. The maximum atomic E-state index is 12.5. The van der Waals surface area contributed by atoms with Crippen LogP contribution in [-0.4, -0.2) is 23.5 Å². The first kappa shape index (κ1) is 15.0. The number of aliphatic imine (C=N–C) groups is 1. The summed E-state index contributed by atoms with van der Waals surface area (Å²) in [6.45, 7) is 0. The number of anilines is 1. The molecule has 0 aromatic heterocycles. The van der Waals surface area contributed by atoms with Gasteiger partial charge in [-0.2, -0.15) is 0 Å². The highest BCUT2D eigenvalue weighted by Gasteiger charge is 2.48. The van der Waals surface area contributed by atoms with E-state index in [-0.39, 0.29) is 29.5 Å². The van der Waals surface area contributed by atoms with E-state index in [1.807, 2.05) is 0 Å². The molecule has 2 fully saturated rings. The van der Waals surface area contributed by atoms with Crippen LogP contribution in [0.5, 0.6) is 0 Å². The Kier molecular flexibility index (Phi) is 4.16. The summed E-state index contributed by atoms with van der Waals surface area (Å²) in [4.78, 5) is 30.5. The Hall–Kier alpha value is -1.88. The number of hydrogen-bond acceptors (Lipinski definition) is 3. The normalized spacial score (nSPS) is 25.5. The Morgan fingerprint density at radius 3 is 2.18 bits per heavy atom. The van der Waals surface area contributed by atoms with Gasteiger partial charge < -0.3 is 5.73 Å². The number of halogens is 1. The zero-order valence-electron chi connectivity index (χ0n) is 12.2. The van der Waals surface area contributed by atoms with E-state index in [0.717, 1.165) is 25.7 Å². The monoisotopic (exact) mass is 319 g/mol. The molecule has 1 aliphatic carbocycles. The molecule has 1 saturated heterocycles. The maximum Gasteiger partial charge on any atom is 0.237 e. The molecule has 22 heavy (non-hydrogen) atoms. The number of imide groups is 1. The molecule has 2 N–H and O–H groups in total. The summed E-state index contributed by atoms with van der Waals surface area (Å²) >= 11 is 5.59. The van der Waals surface area contributed by atoms with Gasteiger partial charge in [-0.05, 0) is 37.1 Å². The highest BCUT2D eigenvalue weighted by Crippen LogP contribution is 2.40. The molecule has 1 heterocycles. The zero-order valence-corrected chi connectivity index (χ0v) is 12.9. The number of hydrogen-bond donors (Lipinski definition) is 1. The predicted molar refractivity (Wildman–Crippen MR) is 86.4 cm³/mol. The minimum Gasteiger partial charge on any atom is -0.386 e. The van der Waals surface area contributed by atoms with Gasteiger partial charge in [0.15, 0.2) is 0 Å². The molecule has 116 valence electrons. The second-order valence-corrected chi connectivity index (χ2v) is 6.03. The first-order chi connectivity index (χ1) is 10.6. The van der Waals surface area contributed by atoms with Gasteiger partial charge in [0.2, 0.25) is 11.8 Å². The fraction of sp³-hybridized carbons (Fsp3) is 0.438. The van der Waals surface area contributed by atoms with E-state index in [2.05, 4.69) is 4.99 Å². The van der Waals surface area contributed by atoms with Gasteiger partial charge in [0.25, 0.3) is 0 Å². The number of alkyl halides is 1. The molecule has 1 saturated carbocycles. The number of nitrogens with zero attached hydrogens (tertiary/aromatic N) is 2. The van der Waals surface area contributed by atoms with Crippen molar-refractivity contribution < 1.29 is 9.59 Å². The summed E-state index contributed by atoms with van der Waals surface area (Å²) in [7, 11) is 0. The number of amidine groups is 1. The van der Waals surface area contributed by atoms with E-state index in [9.17, 15) is 9.59 Å². The highest BCUT2D eigenvalue weighted by atomic mass is 35.5. The molecule has 1 aromatic carbocycles. The van der Waals surface area contributed by atoms with Crippen LogP contribution in [-0.2, 0) is 9.59 Å². The van der Waals surface area contributed by atoms with Crippen LogP contribution < -0.4 is 10.6 Å². The lowest BCUT2D eigenvalue weighted by molar-refractivity contribution is -0.122. The quantitative estimate of drug-likeness (QED) is 0.402. The molecule has 3 rings (SSSR count). The molecular weight excluding hydrogens is 302 g/mol. The predicted octanol–water partition coefficient (Wildman–Crippen LogP) is 2.59. The first-order valence-corrected chi connectivity index (χ1v) is 8.02. The fourth-order valence-corrected chi connectivity index (χ4v) is 3.35. The number of nitrogens with two attached hydrogens (primary N) is 1. The van der Waals surface area contributed by atoms with E-state index < -0.39 is 0 Å². The zero-order chi connectivity index (χ0) is 15.7. The Balaban J connectivity index is 1.85. The largest absolute Gasteiger partial charge is 0.386 e. The van der Waals surface area contributed by atoms with Crippen molar-refractivity contribution in [3.63, 3.8) is 0 Å². The standard InChI is InChI=1S/C16H18ClN3O2/c17-9-14(18)19-10-5-7-11(8-6-10)20-15(21)12-3-1-2-4-13(12)16(20)22/h5-8,12-13H,1-4,9H2,(H2,18,19). The van der Waals surface area contributed by atoms with Crippen LogP contribution in [0.25, 0.3) is 0 Å². The van der Waals surface area contributed by atoms with Gasteiger partial charge in [0, 0.05) is 0 Å². The van der Waals surface area contributed by atoms with Gasteiger partial charge in [0.1, 0.15) is 5.84 Å². The molecule has 2 unspecified atom stereocenters. The van der Waals surface area contributed by atoms with Crippen molar-refractivity contribution in [3.8, 4) is 0 Å². The van der Waals surface area contributed by atoms with Gasteiger partial charge in [0.05, 0.1) is 29.1 Å². The summed E-state index contributed by atoms with van der Waals surface area (Å²) in [5.41, 5.74) is 6.84. The second-order valence-electron chi connectivity index (χ2n) is 5.76. The highest BCUT2D eigenvalue weighted by molar-refractivity contribution is 6.28. The summed E-state index contributed by atoms with van der Waals surface area (Å²) in [6, 6.07) is 6.93. The van der Waals surface area contributed by atoms with Crippen LogP contribution >= 0.6 is 11.6 Å². The molecule has 1 aliphatic heterocycles. The molecule has 1 aromatic rings. The Morgan fingerprint density at radius 1 is 1.14 bits per heavy atom. The van der Waals surface area contributed by atoms with Gasteiger partial charge in [-0.3, -0.25) is 14.5 Å². The summed E-state index contributed by atoms with van der Waals surface area (Å²) in [6.07, 6.45) is 3.69. The number of fused-ring (bicyclic) bond motifs is 1. The topological polar surface area (TPSA) is 75.8 Å². The smallest absolute Gasteiger partial charge is 0.237 e. The molecule has 0 radical (unpaired) electrons. The van der Waals surface area contributed by atoms with E-state index >= 15 is 0 Å². The average molecular weight is 320 g/mol. The van der Waals surface area contributed by atoms with E-state index in [0.29, 0.717) is 17.2 Å². The molecule has 2 atom stereocenters. The summed E-state index contributed by atoms with van der Waals surface area (Å²) < 4.78 is 0. The van der Waals surface area contributed by atoms with Crippen molar-refractivity contribution in [3.05, 3.63) is 24.3 Å². The minimum absolute atomic E-state index is 0.0637. The van der Waals surface area contributed by atoms with E-state index in [1.165, 1.54) is 4.90 Å². The van der Waals surface area contributed by atoms with Crippen LogP contribution in [0, 0.1) is 11.8 Å². The van der Waals surface area contributed by atoms with Gasteiger partial charge in [-0.1, -0.05) is 12.8 Å². The van der Waals surface area contributed by atoms with Crippen LogP contribution in [0.15, 0.2) is 29.3 Å². The van der Waals surface area contributed by atoms with Crippen LogP contribution in [0.3, 0.4) is 0 Å². The van der Waals surface area contributed by atoms with Gasteiger partial charge in [-0.15, -0.1) is 11.6 Å². The summed E-state index contributed by atoms with van der Waals surface area (Å²) in [5, 5.41) is 0. The third-order valence-corrected chi connectivity index (χ3v) is 4.63. The number of carbonyl (C=O) groups excluding carboxylic acids is 2. The van der Waals surface area contributed by atoms with Crippen molar-refractivity contribution in [2.24, 2.45) is 22.6 Å². The van der Waals surface area contributed by atoms with Crippen molar-refractivity contribution in [2.45, 2.75) is 25.7 Å². The molecule has 6 heteroatoms. The Morgan fingerprint density at radius 2 is 1.68 bits per heavy atom. The molecule has 5 nitrogen and oxygen atoms in total. The number of carbonyl (C=O) groups is 2. The number of benzene rings is 1.